The van der Waals surface area contributed by atoms with Crippen molar-refractivity contribution in [1.29, 1.82) is 0 Å². The third-order valence-corrected chi connectivity index (χ3v) is 5.18. The van der Waals surface area contributed by atoms with Crippen molar-refractivity contribution in [3.63, 3.8) is 0 Å². The number of rotatable bonds is 2. The molecule has 4 rings (SSSR count). The maximum Gasteiger partial charge on any atom is 0.231 e. The molecule has 27 heavy (non-hydrogen) atoms. The lowest BCUT2D eigenvalue weighted by Gasteiger charge is -2.24. The molecule has 0 bridgehead atoms. The molecular weight excluding hydrogens is 346 g/mol. The Hall–Kier alpha value is -2.73. The number of nitrogens with zero attached hydrogens (tertiary/aromatic N) is 1. The monoisotopic (exact) mass is 369 g/mol. The van der Waals surface area contributed by atoms with Crippen LogP contribution in [0.4, 0.5) is 0 Å². The predicted octanol–water partition coefficient (Wildman–Crippen LogP) is 2.85. The lowest BCUT2D eigenvalue weighted by Crippen LogP contribution is -2.24. The van der Waals surface area contributed by atoms with Crippen LogP contribution in [0.15, 0.2) is 24.3 Å². The Kier molecular flexibility index (Phi) is 4.66. The molecule has 142 valence electrons. The van der Waals surface area contributed by atoms with E-state index in [9.17, 15) is 4.79 Å². The molecule has 2 aromatic carbocycles. The summed E-state index contributed by atoms with van der Waals surface area (Å²) in [5.74, 6) is 2.64. The second-order valence-corrected chi connectivity index (χ2v) is 6.89. The Morgan fingerprint density at radius 1 is 1.04 bits per heavy atom. The molecule has 0 aromatic heterocycles. The van der Waals surface area contributed by atoms with E-state index in [2.05, 4.69) is 11.9 Å². The minimum atomic E-state index is 0.0423. The SMILES string of the molecule is COc1ccc2c(c1OC)CC(=O)c1cc3c(cc1CCN(C)C2)OCO3. The van der Waals surface area contributed by atoms with E-state index in [1.165, 1.54) is 0 Å². The largest absolute Gasteiger partial charge is 0.493 e. The zero-order valence-corrected chi connectivity index (χ0v) is 15.8. The van der Waals surface area contributed by atoms with Crippen LogP contribution in [-0.4, -0.2) is 45.3 Å². The summed E-state index contributed by atoms with van der Waals surface area (Å²) in [5, 5.41) is 0. The van der Waals surface area contributed by atoms with Crippen molar-refractivity contribution in [2.24, 2.45) is 0 Å². The van der Waals surface area contributed by atoms with Gasteiger partial charge in [-0.25, -0.2) is 0 Å². The Morgan fingerprint density at radius 3 is 2.56 bits per heavy atom. The van der Waals surface area contributed by atoms with E-state index >= 15 is 0 Å². The Labute approximate surface area is 158 Å². The standard InChI is InChI=1S/C21H23NO5/c1-22-7-6-13-8-19-20(27-12-26-19)10-15(13)17(23)9-16-14(11-22)4-5-18(24-2)21(16)25-3/h4-5,8,10H,6-7,9,11-12H2,1-3H3. The van der Waals surface area contributed by atoms with Crippen LogP contribution in [0, 0.1) is 0 Å². The van der Waals surface area contributed by atoms with Crippen LogP contribution in [0.3, 0.4) is 0 Å². The number of hydrogen-bond acceptors (Lipinski definition) is 6. The number of carbonyl (C=O) groups excluding carboxylic acids is 1. The zero-order chi connectivity index (χ0) is 19.0. The van der Waals surface area contributed by atoms with Gasteiger partial charge in [-0.1, -0.05) is 6.07 Å². The summed E-state index contributed by atoms with van der Waals surface area (Å²) in [6.45, 7) is 1.76. The molecule has 2 aromatic rings. The summed E-state index contributed by atoms with van der Waals surface area (Å²) in [6, 6.07) is 7.67. The summed E-state index contributed by atoms with van der Waals surface area (Å²) in [5.41, 5.74) is 3.62. The fourth-order valence-corrected chi connectivity index (χ4v) is 3.76. The molecule has 6 nitrogen and oxygen atoms in total. The third-order valence-electron chi connectivity index (χ3n) is 5.18. The molecule has 2 aliphatic rings. The maximum atomic E-state index is 13.2. The quantitative estimate of drug-likeness (QED) is 0.811. The lowest BCUT2D eigenvalue weighted by molar-refractivity contribution is 0.0989. The van der Waals surface area contributed by atoms with E-state index in [0.717, 1.165) is 36.2 Å². The highest BCUT2D eigenvalue weighted by Crippen LogP contribution is 2.38. The first-order valence-corrected chi connectivity index (χ1v) is 8.97. The first kappa shape index (κ1) is 17.7. The molecule has 0 radical (unpaired) electrons. The van der Waals surface area contributed by atoms with Crippen LogP contribution in [0.25, 0.3) is 0 Å². The van der Waals surface area contributed by atoms with Crippen molar-refractivity contribution in [1.82, 2.24) is 4.90 Å². The van der Waals surface area contributed by atoms with Gasteiger partial charge >= 0.3 is 0 Å². The van der Waals surface area contributed by atoms with Crippen molar-refractivity contribution in [2.75, 3.05) is 34.6 Å². The van der Waals surface area contributed by atoms with Crippen LogP contribution in [0.1, 0.15) is 27.0 Å². The topological polar surface area (TPSA) is 57.2 Å². The fourth-order valence-electron chi connectivity index (χ4n) is 3.76. The average molecular weight is 369 g/mol. The van der Waals surface area contributed by atoms with Gasteiger partial charge in [0.15, 0.2) is 28.8 Å². The first-order chi connectivity index (χ1) is 13.1. The average Bonchev–Trinajstić information content (AvgIpc) is 3.13. The Bertz CT molecular complexity index is 893. The molecule has 0 aliphatic carbocycles. The smallest absolute Gasteiger partial charge is 0.231 e. The number of hydrogen-bond donors (Lipinski definition) is 0. The minimum Gasteiger partial charge on any atom is -0.493 e. The van der Waals surface area contributed by atoms with Gasteiger partial charge in [-0.2, -0.15) is 0 Å². The number of ether oxygens (including phenoxy) is 4. The van der Waals surface area contributed by atoms with Crippen molar-refractivity contribution >= 4 is 5.78 Å². The molecular formula is C21H23NO5. The van der Waals surface area contributed by atoms with Crippen LogP contribution in [0.2, 0.25) is 0 Å². The molecule has 2 heterocycles. The fraction of sp³-hybridized carbons (Fsp3) is 0.381. The van der Waals surface area contributed by atoms with Gasteiger partial charge in [-0.3, -0.25) is 4.79 Å². The normalized spacial score (nSPS) is 16.5. The van der Waals surface area contributed by atoms with Crippen molar-refractivity contribution in [3.05, 3.63) is 46.5 Å². The van der Waals surface area contributed by atoms with Gasteiger partial charge in [0.1, 0.15) is 0 Å². The zero-order valence-electron chi connectivity index (χ0n) is 15.8. The highest BCUT2D eigenvalue weighted by Gasteiger charge is 2.25. The van der Waals surface area contributed by atoms with E-state index in [1.807, 2.05) is 24.3 Å². The van der Waals surface area contributed by atoms with Crippen LogP contribution in [-0.2, 0) is 19.4 Å². The molecule has 0 N–H and O–H groups in total. The van der Waals surface area contributed by atoms with Gasteiger partial charge in [0, 0.05) is 30.6 Å². The van der Waals surface area contributed by atoms with Gasteiger partial charge in [0.2, 0.25) is 6.79 Å². The minimum absolute atomic E-state index is 0.0423. The molecule has 0 saturated carbocycles. The first-order valence-electron chi connectivity index (χ1n) is 8.97. The van der Waals surface area contributed by atoms with Gasteiger partial charge < -0.3 is 23.8 Å². The van der Waals surface area contributed by atoms with E-state index in [1.54, 1.807) is 14.2 Å². The molecule has 2 aliphatic heterocycles. The number of Topliss-reactive ketones (excluding diaryl/α,β-unsaturated/α-hetero) is 1. The molecule has 0 spiro atoms. The van der Waals surface area contributed by atoms with Gasteiger partial charge in [-0.05, 0) is 42.8 Å². The van der Waals surface area contributed by atoms with E-state index in [-0.39, 0.29) is 19.0 Å². The number of ketones is 1. The molecule has 0 amide bonds. The maximum absolute atomic E-state index is 13.2. The highest BCUT2D eigenvalue weighted by atomic mass is 16.7. The number of likely N-dealkylation sites (N-methyl/N-ethyl adjacent to an activating group) is 1. The summed E-state index contributed by atoms with van der Waals surface area (Å²) in [7, 11) is 5.29. The molecule has 0 unspecified atom stereocenters. The second-order valence-electron chi connectivity index (χ2n) is 6.89. The highest BCUT2D eigenvalue weighted by molar-refractivity contribution is 6.00. The van der Waals surface area contributed by atoms with Crippen molar-refractivity contribution in [3.8, 4) is 23.0 Å². The molecule has 6 heteroatoms. The van der Waals surface area contributed by atoms with Gasteiger partial charge in [-0.15, -0.1) is 0 Å². The Morgan fingerprint density at radius 2 is 1.81 bits per heavy atom. The third kappa shape index (κ3) is 3.21. The van der Waals surface area contributed by atoms with E-state index in [4.69, 9.17) is 18.9 Å². The van der Waals surface area contributed by atoms with E-state index < -0.39 is 0 Å². The lowest BCUT2D eigenvalue weighted by atomic mass is 9.92. The van der Waals surface area contributed by atoms with E-state index in [0.29, 0.717) is 28.6 Å². The van der Waals surface area contributed by atoms with Crippen molar-refractivity contribution in [2.45, 2.75) is 19.4 Å². The molecule has 0 atom stereocenters. The van der Waals surface area contributed by atoms with Crippen LogP contribution >= 0.6 is 0 Å². The van der Waals surface area contributed by atoms with Crippen molar-refractivity contribution < 1.29 is 23.7 Å². The number of fused-ring (bicyclic) bond motifs is 3. The predicted molar refractivity (Wildman–Crippen MR) is 100 cm³/mol. The summed E-state index contributed by atoms with van der Waals surface area (Å²) >= 11 is 0. The number of benzene rings is 2. The molecule has 0 fully saturated rings. The van der Waals surface area contributed by atoms with Gasteiger partial charge in [0.25, 0.3) is 0 Å². The van der Waals surface area contributed by atoms with Crippen LogP contribution < -0.4 is 18.9 Å². The summed E-state index contributed by atoms with van der Waals surface area (Å²) in [4.78, 5) is 15.5. The van der Waals surface area contributed by atoms with Gasteiger partial charge in [0.05, 0.1) is 14.2 Å². The second kappa shape index (κ2) is 7.12. The summed E-state index contributed by atoms with van der Waals surface area (Å²) < 4.78 is 22.0. The van der Waals surface area contributed by atoms with Crippen LogP contribution in [0.5, 0.6) is 23.0 Å². The Balaban J connectivity index is 1.83. The summed E-state index contributed by atoms with van der Waals surface area (Å²) in [6.07, 6.45) is 1.02. The number of carbonyl (C=O) groups is 1. The number of methoxy groups -OCH3 is 2. The molecule has 0 saturated heterocycles.